The molecular weight excluding hydrogens is 749 g/mol. The average molecular weight is 797 g/mol. The molecule has 2 aliphatic rings. The Morgan fingerprint density at radius 3 is 0.525 bits per heavy atom. The Morgan fingerprint density at radius 1 is 0.213 bits per heavy atom. The summed E-state index contributed by atoms with van der Waals surface area (Å²) in [5.41, 5.74) is 21.4. The summed E-state index contributed by atoms with van der Waals surface area (Å²) in [6.07, 6.45) is 0. The quantitative estimate of drug-likeness (QED) is 0.121. The molecule has 0 atom stereocenters. The Bertz CT molecular complexity index is 2510. The highest BCUT2D eigenvalue weighted by Crippen LogP contribution is 2.68. The first-order valence-electron chi connectivity index (χ1n) is 21.5. The molecular formula is C60H48Si. The van der Waals surface area contributed by atoms with E-state index in [1.165, 1.54) is 89.1 Å². The Hall–Kier alpha value is -7.06. The van der Waals surface area contributed by atoms with E-state index in [9.17, 15) is 0 Å². The van der Waals surface area contributed by atoms with Gasteiger partial charge in [-0.1, -0.05) is 256 Å². The van der Waals surface area contributed by atoms with Gasteiger partial charge in [-0.15, -0.1) is 0 Å². The maximum Gasteiger partial charge on any atom is 0.0732 e. The van der Waals surface area contributed by atoms with Gasteiger partial charge in [0.15, 0.2) is 0 Å². The second kappa shape index (κ2) is 16.5. The van der Waals surface area contributed by atoms with E-state index in [0.717, 1.165) is 0 Å². The molecule has 0 aromatic heterocycles. The number of allylic oxidation sites excluding steroid dienone is 8. The zero-order chi connectivity index (χ0) is 41.2. The van der Waals surface area contributed by atoms with Gasteiger partial charge in [-0.3, -0.25) is 0 Å². The van der Waals surface area contributed by atoms with Gasteiger partial charge in [0.2, 0.25) is 0 Å². The van der Waals surface area contributed by atoms with Gasteiger partial charge in [0.25, 0.3) is 0 Å². The van der Waals surface area contributed by atoms with Crippen molar-refractivity contribution in [2.45, 2.75) is 24.2 Å². The number of hydrogen-bond acceptors (Lipinski definition) is 0. The topological polar surface area (TPSA) is 0 Å². The third kappa shape index (κ3) is 6.91. The zero-order valence-electron chi connectivity index (χ0n) is 34.7. The molecule has 10 rings (SSSR count). The Labute approximate surface area is 362 Å². The van der Waals surface area contributed by atoms with Crippen molar-refractivity contribution in [1.29, 1.82) is 0 Å². The standard InChI is InChI=1S/C60H48Si/c1-61(2,59-55(47-35-19-7-20-36-47)51(43-27-11-3-12-28-43)52(44-29-13-4-14-30-44)56(59)48-37-21-8-22-38-48)60-57(49-39-23-9-24-40-49)53(45-31-15-5-16-32-45)54(46-33-17-6-18-34-46)58(60)50-41-25-10-26-42-50/h3-42,59-60H,1-2H3. The van der Waals surface area contributed by atoms with Crippen molar-refractivity contribution in [1.82, 2.24) is 0 Å². The van der Waals surface area contributed by atoms with Gasteiger partial charge in [0.05, 0.1) is 8.07 Å². The highest BCUT2D eigenvalue weighted by Gasteiger charge is 2.54. The summed E-state index contributed by atoms with van der Waals surface area (Å²) >= 11 is 0. The largest absolute Gasteiger partial charge is 0.0732 e. The lowest BCUT2D eigenvalue weighted by atomic mass is 9.89. The fourth-order valence-corrected chi connectivity index (χ4v) is 14.9. The molecule has 8 aromatic carbocycles. The lowest BCUT2D eigenvalue weighted by molar-refractivity contribution is 1.20. The molecule has 2 aliphatic carbocycles. The first-order valence-corrected chi connectivity index (χ1v) is 24.7. The Balaban J connectivity index is 1.38. The minimum absolute atomic E-state index is 0.0947. The minimum atomic E-state index is -2.75. The van der Waals surface area contributed by atoms with Crippen LogP contribution in [0.25, 0.3) is 44.6 Å². The van der Waals surface area contributed by atoms with Crippen LogP contribution in [-0.4, -0.2) is 8.07 Å². The van der Waals surface area contributed by atoms with Gasteiger partial charge < -0.3 is 0 Å². The summed E-state index contributed by atoms with van der Waals surface area (Å²) in [6, 6.07) is 90.0. The molecule has 61 heavy (non-hydrogen) atoms. The van der Waals surface area contributed by atoms with Gasteiger partial charge in [-0.2, -0.15) is 0 Å². The second-order valence-electron chi connectivity index (χ2n) is 16.8. The van der Waals surface area contributed by atoms with Crippen molar-refractivity contribution < 1.29 is 0 Å². The number of rotatable bonds is 10. The molecule has 8 aromatic rings. The van der Waals surface area contributed by atoms with Crippen LogP contribution in [0, 0.1) is 0 Å². The van der Waals surface area contributed by atoms with Crippen molar-refractivity contribution in [3.8, 4) is 0 Å². The van der Waals surface area contributed by atoms with E-state index in [0.29, 0.717) is 0 Å². The first-order chi connectivity index (χ1) is 30.1. The fraction of sp³-hybridized carbons (Fsp3) is 0.0667. The summed E-state index contributed by atoms with van der Waals surface area (Å²) in [4.78, 5) is 0. The average Bonchev–Trinajstić information content (AvgIpc) is 3.90. The van der Waals surface area contributed by atoms with Gasteiger partial charge in [0.1, 0.15) is 0 Å². The minimum Gasteiger partial charge on any atom is -0.0679 e. The highest BCUT2D eigenvalue weighted by atomic mass is 28.3. The fourth-order valence-electron chi connectivity index (χ4n) is 10.4. The molecule has 0 saturated carbocycles. The molecule has 0 nitrogen and oxygen atoms in total. The molecule has 0 saturated heterocycles. The van der Waals surface area contributed by atoms with Gasteiger partial charge in [0, 0.05) is 11.1 Å². The molecule has 292 valence electrons. The summed E-state index contributed by atoms with van der Waals surface area (Å²) < 4.78 is 0. The Morgan fingerprint density at radius 2 is 0.361 bits per heavy atom. The molecule has 0 N–H and O–H groups in total. The van der Waals surface area contributed by atoms with E-state index in [4.69, 9.17) is 0 Å². The van der Waals surface area contributed by atoms with Crippen LogP contribution in [-0.2, 0) is 0 Å². The third-order valence-corrected chi connectivity index (χ3v) is 16.9. The maximum atomic E-state index is 2.70. The van der Waals surface area contributed by atoms with Crippen LogP contribution in [0.3, 0.4) is 0 Å². The monoisotopic (exact) mass is 796 g/mol. The zero-order valence-corrected chi connectivity index (χ0v) is 35.7. The van der Waals surface area contributed by atoms with E-state index in [1.807, 2.05) is 0 Å². The van der Waals surface area contributed by atoms with Crippen LogP contribution in [0.4, 0.5) is 0 Å². The first kappa shape index (κ1) is 38.2. The van der Waals surface area contributed by atoms with Crippen LogP contribution in [0.15, 0.2) is 243 Å². The van der Waals surface area contributed by atoms with E-state index in [-0.39, 0.29) is 11.1 Å². The number of hydrogen-bond donors (Lipinski definition) is 0. The van der Waals surface area contributed by atoms with Crippen LogP contribution in [0.1, 0.15) is 44.5 Å². The summed E-state index contributed by atoms with van der Waals surface area (Å²) in [5.74, 6) is 0. The summed E-state index contributed by atoms with van der Waals surface area (Å²) in [7, 11) is -2.75. The van der Waals surface area contributed by atoms with Gasteiger partial charge in [-0.05, 0) is 89.1 Å². The molecule has 0 fully saturated rings. The lowest BCUT2D eigenvalue weighted by Crippen LogP contribution is -2.39. The van der Waals surface area contributed by atoms with E-state index in [2.05, 4.69) is 256 Å². The molecule has 0 unspecified atom stereocenters. The molecule has 0 spiro atoms. The lowest BCUT2D eigenvalue weighted by Gasteiger charge is -2.42. The second-order valence-corrected chi connectivity index (χ2v) is 21.6. The summed E-state index contributed by atoms with van der Waals surface area (Å²) in [5, 5.41) is 0. The van der Waals surface area contributed by atoms with Crippen molar-refractivity contribution >= 4 is 52.7 Å². The van der Waals surface area contributed by atoms with Crippen molar-refractivity contribution in [2.75, 3.05) is 0 Å². The summed E-state index contributed by atoms with van der Waals surface area (Å²) in [6.45, 7) is 5.40. The molecule has 0 amide bonds. The Kier molecular flexibility index (Phi) is 10.3. The SMILES string of the molecule is C[Si](C)(C1C(c2ccccc2)=C(c2ccccc2)C(c2ccccc2)=C1c1ccccc1)C1C(c2ccccc2)=C(c2ccccc2)C(c2ccccc2)=C1c1ccccc1. The normalized spacial score (nSPS) is 15.0. The molecule has 0 radical (unpaired) electrons. The highest BCUT2D eigenvalue weighted by molar-refractivity contribution is 6.89. The molecule has 0 aliphatic heterocycles. The van der Waals surface area contributed by atoms with Gasteiger partial charge in [-0.25, -0.2) is 0 Å². The van der Waals surface area contributed by atoms with Crippen LogP contribution >= 0.6 is 0 Å². The predicted octanol–water partition coefficient (Wildman–Crippen LogP) is 15.9. The van der Waals surface area contributed by atoms with Crippen molar-refractivity contribution in [2.24, 2.45) is 0 Å². The third-order valence-electron chi connectivity index (χ3n) is 12.8. The van der Waals surface area contributed by atoms with E-state index >= 15 is 0 Å². The van der Waals surface area contributed by atoms with Crippen molar-refractivity contribution in [3.05, 3.63) is 287 Å². The van der Waals surface area contributed by atoms with Crippen LogP contribution < -0.4 is 0 Å². The molecule has 0 heterocycles. The van der Waals surface area contributed by atoms with Gasteiger partial charge >= 0.3 is 0 Å². The smallest absolute Gasteiger partial charge is 0.0679 e. The van der Waals surface area contributed by atoms with E-state index in [1.54, 1.807) is 0 Å². The number of benzene rings is 8. The van der Waals surface area contributed by atoms with Crippen LogP contribution in [0.2, 0.25) is 24.2 Å². The van der Waals surface area contributed by atoms with E-state index < -0.39 is 8.07 Å². The predicted molar refractivity (Wildman–Crippen MR) is 264 cm³/mol. The molecule has 0 bridgehead atoms. The maximum absolute atomic E-state index is 2.75. The molecule has 1 heteroatoms. The van der Waals surface area contributed by atoms with Crippen LogP contribution in [0.5, 0.6) is 0 Å². The van der Waals surface area contributed by atoms with Crippen molar-refractivity contribution in [3.63, 3.8) is 0 Å².